The number of likely N-dealkylation sites (N-methyl/N-ethyl adjacent to an activating group) is 7. The maximum atomic E-state index is 15.2. The zero-order valence-corrected chi connectivity index (χ0v) is 55.5. The van der Waals surface area contributed by atoms with Gasteiger partial charge in [-0.1, -0.05) is 109 Å². The Balaban J connectivity index is 1.56. The van der Waals surface area contributed by atoms with Crippen LogP contribution in [0.2, 0.25) is 0 Å². The Labute approximate surface area is 534 Å². The van der Waals surface area contributed by atoms with Gasteiger partial charge in [0.25, 0.3) is 0 Å². The second-order valence-corrected chi connectivity index (χ2v) is 25.9. The highest BCUT2D eigenvalue weighted by Crippen LogP contribution is 2.31. The second kappa shape index (κ2) is 33.6. The summed E-state index contributed by atoms with van der Waals surface area (Å²) in [5.74, 6) is -7.46. The lowest BCUT2D eigenvalue weighted by Crippen LogP contribution is -2.59. The summed E-state index contributed by atoms with van der Waals surface area (Å²) in [5, 5.41) is 8.44. The number of rotatable bonds is 11. The van der Waals surface area contributed by atoms with E-state index < -0.39 is 151 Å². The summed E-state index contributed by atoms with van der Waals surface area (Å²) >= 11 is 0. The first-order valence-corrected chi connectivity index (χ1v) is 31.9. The van der Waals surface area contributed by atoms with Gasteiger partial charge in [0.1, 0.15) is 42.3 Å². The minimum absolute atomic E-state index is 0.00308. The van der Waals surface area contributed by atoms with E-state index in [1.54, 1.807) is 44.2 Å². The lowest BCUT2D eigenvalue weighted by atomic mass is 9.84. The van der Waals surface area contributed by atoms with Gasteiger partial charge in [0, 0.05) is 74.8 Å². The molecular weight excluding hydrogens is 1180 g/mol. The van der Waals surface area contributed by atoms with E-state index in [4.69, 9.17) is 0 Å². The Kier molecular flexibility index (Phi) is 27.4. The molecule has 1 saturated carbocycles. The molecule has 1 unspecified atom stereocenters. The quantitative estimate of drug-likeness (QED) is 0.282. The van der Waals surface area contributed by atoms with E-state index in [0.29, 0.717) is 24.0 Å². The van der Waals surface area contributed by atoms with Crippen molar-refractivity contribution in [3.63, 3.8) is 0 Å². The number of carbonyl (C=O) groups is 11. The van der Waals surface area contributed by atoms with Gasteiger partial charge in [-0.25, -0.2) is 0 Å². The average molecular weight is 1280 g/mol. The van der Waals surface area contributed by atoms with E-state index in [9.17, 15) is 51.5 Å². The summed E-state index contributed by atoms with van der Waals surface area (Å²) in [6.45, 7) is 8.88. The van der Waals surface area contributed by atoms with Crippen LogP contribution in [0, 0.1) is 17.8 Å². The number of fused-ring (bicyclic) bond motifs is 1. The van der Waals surface area contributed by atoms with Crippen molar-refractivity contribution in [2.75, 3.05) is 75.5 Å². The van der Waals surface area contributed by atoms with Crippen molar-refractivity contribution < 1.29 is 65.9 Å². The minimum Gasteiger partial charge on any atom is -0.351 e. The van der Waals surface area contributed by atoms with E-state index in [-0.39, 0.29) is 63.3 Å². The standard InChI is InChI=1S/C66H98F3N11O11/c1-14-42(4)58-65(91)75(9)39-56(83)73(7)40-57(84)77(11)52(36-46-22-17-15-18-23-46)62(88)74(8)38-54(81)71-49(32-29-45-27-30-48(31-28-45)66(67,68)69)61(87)80-33-21-26-50(80)63(89)79(13)53(37-47-24-19-16-20-25-47)64(90)78(12)51(34-41(2)3)60(86)70-43(5)35-55(82)76(10)44(6)59(85)72-58/h16,19-20,24-25,27-28,30-31,41-44,46,49-53,58H,14-15,17-18,21-23,26,29,32-40H2,1-13H3,(H,70,86)(H,71,81)(H,72,85)/t42?,43-,44+,49+,50+,51+,52+,53+,58+/m1/s1. The number of hydrogen-bond donors (Lipinski definition) is 3. The molecule has 2 aromatic carbocycles. The molecule has 0 bridgehead atoms. The molecule has 2 aliphatic heterocycles. The van der Waals surface area contributed by atoms with Crippen molar-refractivity contribution >= 4 is 65.0 Å². The predicted molar refractivity (Wildman–Crippen MR) is 336 cm³/mol. The van der Waals surface area contributed by atoms with Crippen LogP contribution in [0.1, 0.15) is 135 Å². The lowest BCUT2D eigenvalue weighted by molar-refractivity contribution is -0.152. The van der Waals surface area contributed by atoms with Crippen LogP contribution in [-0.4, -0.2) is 228 Å². The van der Waals surface area contributed by atoms with Crippen LogP contribution >= 0.6 is 0 Å². The largest absolute Gasteiger partial charge is 0.416 e. The van der Waals surface area contributed by atoms with E-state index in [0.717, 1.165) is 58.9 Å². The SMILES string of the molecule is CCC(C)[C@@H]1NC(=O)[C@H](C)N(C)C(=O)C[C@@H](C)NC(=O)[C@H](CC(C)C)N(C)C(=O)[C@H](Cc2ccccc2)N(C)C(=O)[C@@H]2CCCN2C(=O)[C@H](CCc2ccc(C(F)(F)F)cc2)NC(=O)CN(C)C(=O)[C@H](CC2CCCCC2)N(C)C(=O)CN(C)C(=O)CN(C)C1=O. The van der Waals surface area contributed by atoms with Gasteiger partial charge in [0.2, 0.25) is 65.0 Å². The molecular formula is C66H98F3N11O11. The summed E-state index contributed by atoms with van der Waals surface area (Å²) in [5.41, 5.74) is 0.212. The van der Waals surface area contributed by atoms with Gasteiger partial charge in [0.15, 0.2) is 0 Å². The molecule has 2 saturated heterocycles. The van der Waals surface area contributed by atoms with Crippen LogP contribution in [0.5, 0.6) is 0 Å². The van der Waals surface area contributed by atoms with Gasteiger partial charge in [-0.15, -0.1) is 0 Å². The van der Waals surface area contributed by atoms with Crippen molar-refractivity contribution in [3.8, 4) is 0 Å². The third-order valence-electron chi connectivity index (χ3n) is 18.4. The molecule has 1 aliphatic carbocycles. The molecule has 91 heavy (non-hydrogen) atoms. The zero-order chi connectivity index (χ0) is 67.8. The number of alkyl halides is 3. The number of hydrogen-bond acceptors (Lipinski definition) is 11. The number of benzene rings is 2. The molecule has 0 spiro atoms. The predicted octanol–water partition coefficient (Wildman–Crippen LogP) is 4.52. The maximum Gasteiger partial charge on any atom is 0.416 e. The van der Waals surface area contributed by atoms with Crippen LogP contribution in [0.15, 0.2) is 54.6 Å². The number of nitrogens with zero attached hydrogens (tertiary/aromatic N) is 8. The van der Waals surface area contributed by atoms with E-state index in [1.807, 2.05) is 20.8 Å². The summed E-state index contributed by atoms with van der Waals surface area (Å²) in [6, 6.07) is 4.25. The summed E-state index contributed by atoms with van der Waals surface area (Å²) < 4.78 is 40.9. The van der Waals surface area contributed by atoms with Crippen LogP contribution < -0.4 is 16.0 Å². The van der Waals surface area contributed by atoms with Gasteiger partial charge in [0.05, 0.1) is 25.2 Å². The Bertz CT molecular complexity index is 2870. The average Bonchev–Trinajstić information content (AvgIpc) is 1.82. The highest BCUT2D eigenvalue weighted by Gasteiger charge is 2.44. The topological polar surface area (TPSA) is 250 Å². The van der Waals surface area contributed by atoms with E-state index in [1.165, 1.54) is 92.9 Å². The first-order chi connectivity index (χ1) is 42.7. The Morgan fingerprint density at radius 2 is 1.16 bits per heavy atom. The maximum absolute atomic E-state index is 15.2. The van der Waals surface area contributed by atoms with Crippen molar-refractivity contribution in [1.29, 1.82) is 0 Å². The van der Waals surface area contributed by atoms with Crippen LogP contribution in [-0.2, 0) is 71.8 Å². The second-order valence-electron chi connectivity index (χ2n) is 25.9. The van der Waals surface area contributed by atoms with Crippen molar-refractivity contribution in [3.05, 3.63) is 71.3 Å². The summed E-state index contributed by atoms with van der Waals surface area (Å²) in [6.07, 6.45) is 0.725. The first kappa shape index (κ1) is 74.1. The molecule has 0 aromatic heterocycles. The molecule has 3 N–H and O–H groups in total. The van der Waals surface area contributed by atoms with Crippen molar-refractivity contribution in [2.45, 2.75) is 186 Å². The van der Waals surface area contributed by atoms with Gasteiger partial charge in [-0.2, -0.15) is 13.2 Å². The molecule has 0 radical (unpaired) electrons. The van der Waals surface area contributed by atoms with E-state index in [2.05, 4.69) is 16.0 Å². The molecule has 2 heterocycles. The smallest absolute Gasteiger partial charge is 0.351 e. The van der Waals surface area contributed by atoms with Gasteiger partial charge < -0.3 is 55.1 Å². The Hall–Kier alpha value is -7.60. The Morgan fingerprint density at radius 3 is 1.77 bits per heavy atom. The van der Waals surface area contributed by atoms with Gasteiger partial charge >= 0.3 is 6.18 Å². The number of nitrogens with one attached hydrogen (secondary N) is 3. The van der Waals surface area contributed by atoms with Gasteiger partial charge in [-0.3, -0.25) is 52.7 Å². The number of amides is 11. The zero-order valence-electron chi connectivity index (χ0n) is 55.5. The van der Waals surface area contributed by atoms with Crippen LogP contribution in [0.3, 0.4) is 0 Å². The lowest BCUT2D eigenvalue weighted by Gasteiger charge is -2.37. The fraction of sp³-hybridized carbons (Fsp3) is 0.652. The third kappa shape index (κ3) is 20.4. The number of carbonyl (C=O) groups excluding carboxylic acids is 11. The normalized spacial score (nSPS) is 25.7. The van der Waals surface area contributed by atoms with Crippen molar-refractivity contribution in [1.82, 2.24) is 55.1 Å². The highest BCUT2D eigenvalue weighted by molar-refractivity contribution is 5.98. The first-order valence-electron chi connectivity index (χ1n) is 31.9. The fourth-order valence-corrected chi connectivity index (χ4v) is 12.1. The molecule has 5 rings (SSSR count). The molecule has 25 heteroatoms. The highest BCUT2D eigenvalue weighted by atomic mass is 19.4. The molecule has 9 atom stereocenters. The van der Waals surface area contributed by atoms with Gasteiger partial charge in [-0.05, 0) is 93.4 Å². The fourth-order valence-electron chi connectivity index (χ4n) is 12.1. The van der Waals surface area contributed by atoms with Crippen molar-refractivity contribution in [2.24, 2.45) is 17.8 Å². The molecule has 11 amide bonds. The number of halogens is 3. The van der Waals surface area contributed by atoms with E-state index >= 15 is 14.4 Å². The number of aryl methyl sites for hydroxylation is 1. The van der Waals surface area contributed by atoms with Crippen LogP contribution in [0.25, 0.3) is 0 Å². The molecule has 22 nitrogen and oxygen atoms in total. The molecule has 3 fully saturated rings. The molecule has 2 aromatic rings. The monoisotopic (exact) mass is 1280 g/mol. The third-order valence-corrected chi connectivity index (χ3v) is 18.4. The Morgan fingerprint density at radius 1 is 0.560 bits per heavy atom. The molecule has 504 valence electrons. The summed E-state index contributed by atoms with van der Waals surface area (Å²) in [4.78, 5) is 169. The minimum atomic E-state index is -4.61. The molecule has 3 aliphatic rings. The summed E-state index contributed by atoms with van der Waals surface area (Å²) in [7, 11) is 9.92. The van der Waals surface area contributed by atoms with Crippen LogP contribution in [0.4, 0.5) is 13.2 Å².